The van der Waals surface area contributed by atoms with Crippen LogP contribution in [0.5, 0.6) is 0 Å². The predicted octanol–water partition coefficient (Wildman–Crippen LogP) is 0.457. The van der Waals surface area contributed by atoms with Gasteiger partial charge in [-0.2, -0.15) is 4.98 Å². The first-order chi connectivity index (χ1) is 8.52. The maximum atomic E-state index is 5.37. The van der Waals surface area contributed by atoms with Gasteiger partial charge in [-0.3, -0.25) is 5.43 Å². The van der Waals surface area contributed by atoms with Crippen LogP contribution in [0.3, 0.4) is 0 Å². The van der Waals surface area contributed by atoms with E-state index in [0.29, 0.717) is 17.9 Å². The molecular formula is C12H22N6. The molecule has 1 saturated heterocycles. The van der Waals surface area contributed by atoms with Gasteiger partial charge in [-0.25, -0.2) is 10.8 Å². The first-order valence-corrected chi connectivity index (χ1v) is 6.24. The van der Waals surface area contributed by atoms with E-state index in [0.717, 1.165) is 24.5 Å². The molecule has 3 N–H and O–H groups in total. The Morgan fingerprint density at radius 1 is 1.44 bits per heavy atom. The maximum Gasteiger partial charge on any atom is 0.239 e. The van der Waals surface area contributed by atoms with Gasteiger partial charge in [-0.1, -0.05) is 6.92 Å². The van der Waals surface area contributed by atoms with Crippen molar-refractivity contribution >= 4 is 11.8 Å². The van der Waals surface area contributed by atoms with Gasteiger partial charge in [0, 0.05) is 30.9 Å². The number of anilines is 2. The average molecular weight is 250 g/mol. The molecule has 1 aliphatic heterocycles. The second-order valence-corrected chi connectivity index (χ2v) is 5.26. The summed E-state index contributed by atoms with van der Waals surface area (Å²) in [6.07, 6.45) is 1.81. The first-order valence-electron chi connectivity index (χ1n) is 6.24. The lowest BCUT2D eigenvalue weighted by Gasteiger charge is -2.23. The number of nitrogens with zero attached hydrogens (tertiary/aromatic N) is 4. The van der Waals surface area contributed by atoms with Gasteiger partial charge >= 0.3 is 0 Å². The van der Waals surface area contributed by atoms with Crippen LogP contribution in [0.2, 0.25) is 0 Å². The molecule has 0 spiro atoms. The molecule has 1 aromatic heterocycles. The molecule has 18 heavy (non-hydrogen) atoms. The van der Waals surface area contributed by atoms with Crippen molar-refractivity contribution in [1.29, 1.82) is 0 Å². The predicted molar refractivity (Wildman–Crippen MR) is 73.4 cm³/mol. The minimum Gasteiger partial charge on any atom is -0.354 e. The van der Waals surface area contributed by atoms with Crippen molar-refractivity contribution in [3.8, 4) is 0 Å². The van der Waals surface area contributed by atoms with E-state index in [4.69, 9.17) is 5.84 Å². The number of nitrogens with two attached hydrogens (primary N) is 1. The lowest BCUT2D eigenvalue weighted by atomic mass is 10.1. The highest BCUT2D eigenvalue weighted by atomic mass is 15.3. The Hall–Kier alpha value is -1.40. The minimum absolute atomic E-state index is 0.469. The SMILES string of the molecule is Cc1cnc(NN)nc1N1CC(C)C(N(C)C)C1. The summed E-state index contributed by atoms with van der Waals surface area (Å²) in [6.45, 7) is 6.33. The summed E-state index contributed by atoms with van der Waals surface area (Å²) in [5.74, 6) is 7.45. The van der Waals surface area contributed by atoms with Gasteiger partial charge in [-0.15, -0.1) is 0 Å². The number of hydrogen-bond acceptors (Lipinski definition) is 6. The minimum atomic E-state index is 0.469. The standard InChI is InChI=1S/C12H22N6/c1-8-5-14-12(16-13)15-11(8)18-6-9(2)10(7-18)17(3)4/h5,9-10H,6-7,13H2,1-4H3,(H,14,15,16). The van der Waals surface area contributed by atoms with Crippen LogP contribution >= 0.6 is 0 Å². The van der Waals surface area contributed by atoms with Crippen molar-refractivity contribution < 1.29 is 0 Å². The fourth-order valence-corrected chi connectivity index (χ4v) is 2.62. The second kappa shape index (κ2) is 5.07. The largest absolute Gasteiger partial charge is 0.354 e. The van der Waals surface area contributed by atoms with Crippen LogP contribution in [0.25, 0.3) is 0 Å². The smallest absolute Gasteiger partial charge is 0.239 e. The number of hydrogen-bond donors (Lipinski definition) is 2. The number of nitrogens with one attached hydrogen (secondary N) is 1. The van der Waals surface area contributed by atoms with Crippen molar-refractivity contribution in [2.45, 2.75) is 19.9 Å². The molecule has 0 aromatic carbocycles. The molecule has 100 valence electrons. The van der Waals surface area contributed by atoms with Crippen molar-refractivity contribution in [3.63, 3.8) is 0 Å². The molecule has 2 rings (SSSR count). The summed E-state index contributed by atoms with van der Waals surface area (Å²) in [5, 5.41) is 0. The normalized spacial score (nSPS) is 23.8. The zero-order valence-electron chi connectivity index (χ0n) is 11.5. The quantitative estimate of drug-likeness (QED) is 0.600. The molecule has 0 bridgehead atoms. The number of likely N-dealkylation sites (N-methyl/N-ethyl adjacent to an activating group) is 1. The van der Waals surface area contributed by atoms with Gasteiger partial charge in [0.05, 0.1) is 0 Å². The molecule has 0 aliphatic carbocycles. The summed E-state index contributed by atoms with van der Waals surface area (Å²) in [5.41, 5.74) is 3.59. The van der Waals surface area contributed by atoms with Gasteiger partial charge in [0.2, 0.25) is 5.95 Å². The Kier molecular flexibility index (Phi) is 3.68. The second-order valence-electron chi connectivity index (χ2n) is 5.26. The molecule has 2 unspecified atom stereocenters. The van der Waals surface area contributed by atoms with Crippen LogP contribution in [0, 0.1) is 12.8 Å². The molecule has 6 nitrogen and oxygen atoms in total. The average Bonchev–Trinajstić information content (AvgIpc) is 2.72. The van der Waals surface area contributed by atoms with Crippen LogP contribution in [0.4, 0.5) is 11.8 Å². The molecule has 2 atom stereocenters. The summed E-state index contributed by atoms with van der Waals surface area (Å²) in [4.78, 5) is 13.2. The number of hydrazine groups is 1. The summed E-state index contributed by atoms with van der Waals surface area (Å²) >= 11 is 0. The topological polar surface area (TPSA) is 70.3 Å². The van der Waals surface area contributed by atoms with Gasteiger partial charge in [-0.05, 0) is 26.9 Å². The molecule has 0 amide bonds. The van der Waals surface area contributed by atoms with Crippen LogP contribution in [-0.4, -0.2) is 48.1 Å². The lowest BCUT2D eigenvalue weighted by molar-refractivity contribution is 0.266. The molecule has 1 aromatic rings. The van der Waals surface area contributed by atoms with Crippen LogP contribution in [0.1, 0.15) is 12.5 Å². The van der Waals surface area contributed by atoms with Crippen LogP contribution in [-0.2, 0) is 0 Å². The highest BCUT2D eigenvalue weighted by molar-refractivity contribution is 5.50. The summed E-state index contributed by atoms with van der Waals surface area (Å²) < 4.78 is 0. The van der Waals surface area contributed by atoms with Crippen LogP contribution < -0.4 is 16.2 Å². The Labute approximate surface area is 108 Å². The zero-order valence-corrected chi connectivity index (χ0v) is 11.5. The molecule has 0 saturated carbocycles. The van der Waals surface area contributed by atoms with Crippen LogP contribution in [0.15, 0.2) is 6.20 Å². The highest BCUT2D eigenvalue weighted by Crippen LogP contribution is 2.27. The van der Waals surface area contributed by atoms with Gasteiger partial charge in [0.25, 0.3) is 0 Å². The van der Waals surface area contributed by atoms with Crippen molar-refractivity contribution in [3.05, 3.63) is 11.8 Å². The fraction of sp³-hybridized carbons (Fsp3) is 0.667. The van der Waals surface area contributed by atoms with Crippen molar-refractivity contribution in [2.24, 2.45) is 11.8 Å². The van der Waals surface area contributed by atoms with E-state index in [1.165, 1.54) is 0 Å². The Morgan fingerprint density at radius 2 is 2.17 bits per heavy atom. The van der Waals surface area contributed by atoms with Gasteiger partial charge in [0.15, 0.2) is 0 Å². The van der Waals surface area contributed by atoms with Crippen molar-refractivity contribution in [2.75, 3.05) is 37.5 Å². The molecule has 6 heteroatoms. The van der Waals surface area contributed by atoms with Gasteiger partial charge < -0.3 is 9.80 Å². The number of aromatic nitrogens is 2. The molecule has 1 fully saturated rings. The van der Waals surface area contributed by atoms with E-state index < -0.39 is 0 Å². The lowest BCUT2D eigenvalue weighted by Crippen LogP contribution is -2.34. The maximum absolute atomic E-state index is 5.37. The van der Waals surface area contributed by atoms with Gasteiger partial charge in [0.1, 0.15) is 5.82 Å². The van der Waals surface area contributed by atoms with E-state index in [1.54, 1.807) is 0 Å². The molecular weight excluding hydrogens is 228 g/mol. The van der Waals surface area contributed by atoms with E-state index in [1.807, 2.05) is 13.1 Å². The van der Waals surface area contributed by atoms with E-state index in [-0.39, 0.29) is 0 Å². The molecule has 2 heterocycles. The zero-order chi connectivity index (χ0) is 13.3. The number of aryl methyl sites for hydroxylation is 1. The van der Waals surface area contributed by atoms with E-state index in [2.05, 4.69) is 46.2 Å². The summed E-state index contributed by atoms with van der Waals surface area (Å²) in [7, 11) is 4.26. The first kappa shape index (κ1) is 13.0. The van der Waals surface area contributed by atoms with Crippen molar-refractivity contribution in [1.82, 2.24) is 14.9 Å². The van der Waals surface area contributed by atoms with E-state index >= 15 is 0 Å². The monoisotopic (exact) mass is 250 g/mol. The van der Waals surface area contributed by atoms with E-state index in [9.17, 15) is 0 Å². The number of rotatable bonds is 3. The number of nitrogen functional groups attached to an aromatic ring is 1. The third-order valence-electron chi connectivity index (χ3n) is 3.61. The third-order valence-corrected chi connectivity index (χ3v) is 3.61. The third kappa shape index (κ3) is 2.39. The Balaban J connectivity index is 2.23. The summed E-state index contributed by atoms with van der Waals surface area (Å²) in [6, 6.07) is 0.564. The molecule has 0 radical (unpaired) electrons. The Bertz CT molecular complexity index is 419. The fourth-order valence-electron chi connectivity index (χ4n) is 2.62. The Morgan fingerprint density at radius 3 is 2.72 bits per heavy atom. The highest BCUT2D eigenvalue weighted by Gasteiger charge is 2.32. The molecule has 1 aliphatic rings.